The number of fused-ring (bicyclic) bond motifs is 1. The van der Waals surface area contributed by atoms with Crippen molar-refractivity contribution in [1.82, 2.24) is 0 Å². The predicted octanol–water partition coefficient (Wildman–Crippen LogP) is -0.723. The number of nitrogens with zero attached hydrogens (tertiary/aromatic N) is 1. The van der Waals surface area contributed by atoms with E-state index in [4.69, 9.17) is 0 Å². The number of hydrogen-bond acceptors (Lipinski definition) is 1. The van der Waals surface area contributed by atoms with Crippen LogP contribution in [-0.4, -0.2) is 13.1 Å². The molecule has 0 saturated heterocycles. The molecule has 0 radical (unpaired) electrons. The first-order chi connectivity index (χ1) is 5.92. The molecule has 0 aliphatic carbocycles. The standard InChI is InChI=1S/C11H14N.K/c1-2-12-9-5-7-10-6-3-4-8-11(10)12;/h3-6,8H,2,7,9H2,1H3;/q-1;+1. The van der Waals surface area contributed by atoms with E-state index in [1.54, 1.807) is 0 Å². The van der Waals surface area contributed by atoms with E-state index in [1.165, 1.54) is 11.3 Å². The van der Waals surface area contributed by atoms with Crippen molar-refractivity contribution in [3.8, 4) is 0 Å². The quantitative estimate of drug-likeness (QED) is 0.426. The molecular weight excluding hydrogens is 185 g/mol. The average Bonchev–Trinajstić information content (AvgIpc) is 2.17. The van der Waals surface area contributed by atoms with Crippen LogP contribution in [0, 0.1) is 6.42 Å². The molecular formula is C11H14KN. The summed E-state index contributed by atoms with van der Waals surface area (Å²) in [5, 5.41) is 0. The number of anilines is 1. The van der Waals surface area contributed by atoms with E-state index in [0.29, 0.717) is 0 Å². The topological polar surface area (TPSA) is 3.24 Å². The molecule has 0 atom stereocenters. The molecule has 64 valence electrons. The van der Waals surface area contributed by atoms with Gasteiger partial charge in [-0.2, -0.15) is 0 Å². The summed E-state index contributed by atoms with van der Waals surface area (Å²) < 4.78 is 0. The molecule has 0 unspecified atom stereocenters. The Kier molecular flexibility index (Phi) is 4.98. The van der Waals surface area contributed by atoms with E-state index in [9.17, 15) is 0 Å². The van der Waals surface area contributed by atoms with Crippen LogP contribution in [0.4, 0.5) is 5.69 Å². The van der Waals surface area contributed by atoms with Crippen molar-refractivity contribution in [3.05, 3.63) is 36.2 Å². The van der Waals surface area contributed by atoms with Crippen LogP contribution >= 0.6 is 0 Å². The van der Waals surface area contributed by atoms with Crippen LogP contribution in [0.15, 0.2) is 24.3 Å². The summed E-state index contributed by atoms with van der Waals surface area (Å²) in [5.74, 6) is 0. The minimum absolute atomic E-state index is 0. The molecule has 2 heteroatoms. The molecule has 1 nitrogen and oxygen atoms in total. The van der Waals surface area contributed by atoms with Gasteiger partial charge in [-0.1, -0.05) is 23.8 Å². The molecule has 0 N–H and O–H groups in total. The number of para-hydroxylation sites is 1. The van der Waals surface area contributed by atoms with Gasteiger partial charge in [0.2, 0.25) is 0 Å². The number of benzene rings is 1. The molecule has 1 aliphatic heterocycles. The van der Waals surface area contributed by atoms with Crippen LogP contribution in [-0.2, 0) is 6.42 Å². The molecule has 1 aromatic carbocycles. The van der Waals surface area contributed by atoms with Gasteiger partial charge in [0.25, 0.3) is 0 Å². The molecule has 1 aromatic rings. The average molecular weight is 199 g/mol. The summed E-state index contributed by atoms with van der Waals surface area (Å²) in [4.78, 5) is 2.40. The largest absolute Gasteiger partial charge is 1.00 e. The van der Waals surface area contributed by atoms with Crippen molar-refractivity contribution in [3.63, 3.8) is 0 Å². The van der Waals surface area contributed by atoms with Crippen molar-refractivity contribution < 1.29 is 51.4 Å². The second-order valence-corrected chi connectivity index (χ2v) is 3.16. The van der Waals surface area contributed by atoms with Crippen LogP contribution in [0.3, 0.4) is 0 Å². The summed E-state index contributed by atoms with van der Waals surface area (Å²) in [6.07, 6.45) is 3.47. The summed E-state index contributed by atoms with van der Waals surface area (Å²) in [6, 6.07) is 8.66. The van der Waals surface area contributed by atoms with E-state index in [0.717, 1.165) is 19.5 Å². The van der Waals surface area contributed by atoms with Gasteiger partial charge in [-0.05, 0) is 13.0 Å². The van der Waals surface area contributed by atoms with E-state index >= 15 is 0 Å². The Morgan fingerprint density at radius 3 is 2.92 bits per heavy atom. The molecule has 0 aromatic heterocycles. The van der Waals surface area contributed by atoms with Crippen molar-refractivity contribution in [1.29, 1.82) is 0 Å². The Labute approximate surface area is 123 Å². The van der Waals surface area contributed by atoms with E-state index in [2.05, 4.69) is 42.5 Å². The summed E-state index contributed by atoms with van der Waals surface area (Å²) in [6.45, 7) is 4.41. The van der Waals surface area contributed by atoms with Crippen molar-refractivity contribution in [2.45, 2.75) is 13.3 Å². The molecule has 2 rings (SSSR count). The van der Waals surface area contributed by atoms with Gasteiger partial charge >= 0.3 is 51.4 Å². The zero-order valence-electron chi connectivity index (χ0n) is 8.46. The first-order valence-electron chi connectivity index (χ1n) is 4.56. The van der Waals surface area contributed by atoms with Crippen LogP contribution in [0.5, 0.6) is 0 Å². The van der Waals surface area contributed by atoms with Crippen LogP contribution < -0.4 is 56.3 Å². The van der Waals surface area contributed by atoms with Gasteiger partial charge in [0.15, 0.2) is 0 Å². The Hall–Kier alpha value is 0.656. The Balaban J connectivity index is 0.000000845. The third-order valence-corrected chi connectivity index (χ3v) is 2.43. The summed E-state index contributed by atoms with van der Waals surface area (Å²) >= 11 is 0. The normalized spacial score (nSPS) is 14.7. The maximum atomic E-state index is 2.40. The van der Waals surface area contributed by atoms with Gasteiger partial charge in [-0.3, -0.25) is 0 Å². The van der Waals surface area contributed by atoms with Crippen molar-refractivity contribution >= 4 is 5.69 Å². The fraction of sp³-hybridized carbons (Fsp3) is 0.364. The van der Waals surface area contributed by atoms with Crippen molar-refractivity contribution in [2.75, 3.05) is 18.0 Å². The second-order valence-electron chi connectivity index (χ2n) is 3.16. The zero-order chi connectivity index (χ0) is 8.39. The fourth-order valence-corrected chi connectivity index (χ4v) is 1.77. The summed E-state index contributed by atoms with van der Waals surface area (Å²) in [7, 11) is 0. The third-order valence-electron chi connectivity index (χ3n) is 2.43. The molecule has 0 spiro atoms. The molecule has 1 aliphatic rings. The van der Waals surface area contributed by atoms with E-state index < -0.39 is 0 Å². The minimum atomic E-state index is 0. The fourth-order valence-electron chi connectivity index (χ4n) is 1.77. The van der Waals surface area contributed by atoms with Gasteiger partial charge in [0.05, 0.1) is 0 Å². The predicted molar refractivity (Wildman–Crippen MR) is 52.3 cm³/mol. The Morgan fingerprint density at radius 2 is 2.15 bits per heavy atom. The zero-order valence-corrected chi connectivity index (χ0v) is 11.6. The molecule has 0 bridgehead atoms. The smallest absolute Gasteiger partial charge is 0.401 e. The first kappa shape index (κ1) is 11.7. The number of rotatable bonds is 1. The summed E-state index contributed by atoms with van der Waals surface area (Å²) in [5.41, 5.74) is 2.88. The van der Waals surface area contributed by atoms with Gasteiger partial charge in [-0.25, -0.2) is 0 Å². The molecule has 13 heavy (non-hydrogen) atoms. The Bertz CT molecular complexity index is 273. The molecule has 0 amide bonds. The van der Waals surface area contributed by atoms with Gasteiger partial charge in [0, 0.05) is 12.2 Å². The molecule has 0 fully saturated rings. The molecule has 0 saturated carbocycles. The van der Waals surface area contributed by atoms with Crippen LogP contribution in [0.1, 0.15) is 12.5 Å². The van der Waals surface area contributed by atoms with Gasteiger partial charge in [0.1, 0.15) is 0 Å². The van der Waals surface area contributed by atoms with E-state index in [1.807, 2.05) is 0 Å². The Morgan fingerprint density at radius 1 is 1.38 bits per heavy atom. The molecule has 1 heterocycles. The first-order valence-corrected chi connectivity index (χ1v) is 4.56. The van der Waals surface area contributed by atoms with E-state index in [-0.39, 0.29) is 51.4 Å². The van der Waals surface area contributed by atoms with Gasteiger partial charge in [-0.15, -0.1) is 13.0 Å². The maximum Gasteiger partial charge on any atom is 1.00 e. The second kappa shape index (κ2) is 5.52. The third kappa shape index (κ3) is 2.57. The van der Waals surface area contributed by atoms with Crippen LogP contribution in [0.25, 0.3) is 0 Å². The van der Waals surface area contributed by atoms with Crippen molar-refractivity contribution in [2.24, 2.45) is 0 Å². The SMILES string of the molecule is CCN1C[CH-]Cc2ccccc21.[K+]. The number of hydrogen-bond donors (Lipinski definition) is 0. The monoisotopic (exact) mass is 199 g/mol. The maximum absolute atomic E-state index is 2.40. The van der Waals surface area contributed by atoms with Gasteiger partial charge < -0.3 is 11.3 Å². The van der Waals surface area contributed by atoms with Crippen LogP contribution in [0.2, 0.25) is 0 Å². The minimum Gasteiger partial charge on any atom is -0.401 e.